The quantitative estimate of drug-likeness (QED) is 0.721. The molecule has 1 aromatic carbocycles. The van der Waals surface area contributed by atoms with Crippen LogP contribution in [0.2, 0.25) is 5.02 Å². The average Bonchev–Trinajstić information content (AvgIpc) is 2.27. The lowest BCUT2D eigenvalue weighted by molar-refractivity contribution is -0.113. The second-order valence-electron chi connectivity index (χ2n) is 3.26. The molecule has 0 N–H and O–H groups in total. The number of rotatable bonds is 1. The van der Waals surface area contributed by atoms with Crippen LogP contribution >= 0.6 is 23.2 Å². The summed E-state index contributed by atoms with van der Waals surface area (Å²) in [4.78, 5) is 23.0. The fourth-order valence-electron chi connectivity index (χ4n) is 1.42. The van der Waals surface area contributed by atoms with Gasteiger partial charge < -0.3 is 0 Å². The highest BCUT2D eigenvalue weighted by molar-refractivity contribution is 6.54. The molecular weight excluding hydrogens is 247 g/mol. The SMILES string of the molecule is O=C1C=CC(=O)C(c2ccc(Cl)cc2)=C1Cl. The van der Waals surface area contributed by atoms with Gasteiger partial charge in [0.05, 0.1) is 10.6 Å². The first-order valence-corrected chi connectivity index (χ1v) is 5.27. The van der Waals surface area contributed by atoms with Crippen molar-refractivity contribution in [2.75, 3.05) is 0 Å². The normalized spacial score (nSPS) is 15.9. The van der Waals surface area contributed by atoms with Crippen molar-refractivity contribution in [1.82, 2.24) is 0 Å². The van der Waals surface area contributed by atoms with E-state index < -0.39 is 0 Å². The van der Waals surface area contributed by atoms with Gasteiger partial charge in [-0.15, -0.1) is 0 Å². The molecule has 0 saturated heterocycles. The van der Waals surface area contributed by atoms with Gasteiger partial charge in [0.15, 0.2) is 11.6 Å². The molecule has 0 aliphatic heterocycles. The molecule has 80 valence electrons. The van der Waals surface area contributed by atoms with Crippen LogP contribution in [0.25, 0.3) is 5.57 Å². The molecule has 0 radical (unpaired) electrons. The molecule has 0 atom stereocenters. The zero-order chi connectivity index (χ0) is 11.7. The number of hydrogen-bond donors (Lipinski definition) is 0. The van der Waals surface area contributed by atoms with Crippen molar-refractivity contribution in [2.45, 2.75) is 0 Å². The minimum atomic E-state index is -0.355. The van der Waals surface area contributed by atoms with E-state index in [1.807, 2.05) is 0 Å². The highest BCUT2D eigenvalue weighted by atomic mass is 35.5. The Bertz CT molecular complexity index is 524. The summed E-state index contributed by atoms with van der Waals surface area (Å²) in [7, 11) is 0. The van der Waals surface area contributed by atoms with Crippen LogP contribution < -0.4 is 0 Å². The first-order valence-electron chi connectivity index (χ1n) is 4.52. The average molecular weight is 253 g/mol. The van der Waals surface area contributed by atoms with E-state index in [2.05, 4.69) is 0 Å². The Labute approximate surface area is 102 Å². The van der Waals surface area contributed by atoms with Gasteiger partial charge in [-0.25, -0.2) is 0 Å². The molecule has 2 rings (SSSR count). The standard InChI is InChI=1S/C12H6Cl2O2/c13-8-3-1-7(2-4-8)11-9(15)5-6-10(16)12(11)14/h1-6H. The molecule has 0 unspecified atom stereocenters. The Morgan fingerprint density at radius 3 is 2.00 bits per heavy atom. The summed E-state index contributed by atoms with van der Waals surface area (Å²) in [5.74, 6) is -0.627. The molecule has 0 spiro atoms. The topological polar surface area (TPSA) is 34.1 Å². The number of halogens is 2. The van der Waals surface area contributed by atoms with Crippen LogP contribution in [0.3, 0.4) is 0 Å². The predicted octanol–water partition coefficient (Wildman–Crippen LogP) is 3.00. The van der Waals surface area contributed by atoms with E-state index in [0.29, 0.717) is 10.6 Å². The molecule has 1 aliphatic carbocycles. The fourth-order valence-corrected chi connectivity index (χ4v) is 1.82. The molecule has 2 nitrogen and oxygen atoms in total. The lowest BCUT2D eigenvalue weighted by atomic mass is 9.96. The van der Waals surface area contributed by atoms with Crippen LogP contribution in [-0.2, 0) is 9.59 Å². The summed E-state index contributed by atoms with van der Waals surface area (Å²) in [5.41, 5.74) is 0.822. The zero-order valence-electron chi connectivity index (χ0n) is 8.04. The molecule has 16 heavy (non-hydrogen) atoms. The predicted molar refractivity (Wildman–Crippen MR) is 63.4 cm³/mol. The minimum Gasteiger partial charge on any atom is -0.289 e. The molecule has 0 saturated carbocycles. The van der Waals surface area contributed by atoms with Gasteiger partial charge in [-0.2, -0.15) is 0 Å². The third-order valence-corrected chi connectivity index (χ3v) is 2.83. The summed E-state index contributed by atoms with van der Waals surface area (Å²) in [6.45, 7) is 0. The number of allylic oxidation sites excluding steroid dienone is 4. The summed E-state index contributed by atoms with van der Waals surface area (Å²) in [5, 5.41) is 0.514. The van der Waals surface area contributed by atoms with Gasteiger partial charge in [0, 0.05) is 5.02 Å². The van der Waals surface area contributed by atoms with Gasteiger partial charge in [0.2, 0.25) is 0 Å². The molecule has 0 bridgehead atoms. The highest BCUT2D eigenvalue weighted by Crippen LogP contribution is 2.27. The lowest BCUT2D eigenvalue weighted by Gasteiger charge is -2.10. The van der Waals surface area contributed by atoms with E-state index >= 15 is 0 Å². The third kappa shape index (κ3) is 1.94. The number of carbonyl (C=O) groups excluding carboxylic acids is 2. The Morgan fingerprint density at radius 1 is 0.812 bits per heavy atom. The first-order chi connectivity index (χ1) is 7.59. The lowest BCUT2D eigenvalue weighted by Crippen LogP contribution is -2.10. The molecule has 1 aromatic rings. The van der Waals surface area contributed by atoms with Gasteiger partial charge in [0.25, 0.3) is 0 Å². The zero-order valence-corrected chi connectivity index (χ0v) is 9.55. The largest absolute Gasteiger partial charge is 0.289 e. The highest BCUT2D eigenvalue weighted by Gasteiger charge is 2.22. The van der Waals surface area contributed by atoms with Crippen molar-refractivity contribution >= 4 is 40.3 Å². The molecular formula is C12H6Cl2O2. The van der Waals surface area contributed by atoms with E-state index in [9.17, 15) is 9.59 Å². The van der Waals surface area contributed by atoms with Crippen LogP contribution in [0.15, 0.2) is 41.4 Å². The van der Waals surface area contributed by atoms with Gasteiger partial charge in [0.1, 0.15) is 0 Å². The van der Waals surface area contributed by atoms with Gasteiger partial charge in [-0.1, -0.05) is 35.3 Å². The molecule has 0 aromatic heterocycles. The van der Waals surface area contributed by atoms with Crippen molar-refractivity contribution in [1.29, 1.82) is 0 Å². The van der Waals surface area contributed by atoms with E-state index in [1.54, 1.807) is 24.3 Å². The Morgan fingerprint density at radius 2 is 1.38 bits per heavy atom. The van der Waals surface area contributed by atoms with Crippen molar-refractivity contribution in [3.05, 3.63) is 52.0 Å². The minimum absolute atomic E-state index is 0.0465. The van der Waals surface area contributed by atoms with Crippen LogP contribution in [0.1, 0.15) is 5.56 Å². The summed E-state index contributed by atoms with van der Waals surface area (Å²) >= 11 is 11.6. The maximum Gasteiger partial charge on any atom is 0.198 e. The molecule has 4 heteroatoms. The van der Waals surface area contributed by atoms with Crippen LogP contribution in [0.4, 0.5) is 0 Å². The van der Waals surface area contributed by atoms with Crippen LogP contribution in [0, 0.1) is 0 Å². The monoisotopic (exact) mass is 252 g/mol. The van der Waals surface area contributed by atoms with E-state index in [0.717, 1.165) is 0 Å². The fraction of sp³-hybridized carbons (Fsp3) is 0. The van der Waals surface area contributed by atoms with E-state index in [1.165, 1.54) is 12.2 Å². The smallest absolute Gasteiger partial charge is 0.198 e. The second kappa shape index (κ2) is 4.24. The first kappa shape index (κ1) is 11.1. The summed E-state index contributed by atoms with van der Waals surface area (Å²) < 4.78 is 0. The number of hydrogen-bond acceptors (Lipinski definition) is 2. The number of benzene rings is 1. The van der Waals surface area contributed by atoms with Crippen molar-refractivity contribution in [2.24, 2.45) is 0 Å². The number of carbonyl (C=O) groups is 2. The maximum absolute atomic E-state index is 11.6. The van der Waals surface area contributed by atoms with Crippen molar-refractivity contribution in [3.8, 4) is 0 Å². The Kier molecular flexibility index (Phi) is 2.95. The van der Waals surface area contributed by atoms with Gasteiger partial charge in [-0.05, 0) is 29.8 Å². The molecule has 1 aliphatic rings. The Hall–Kier alpha value is -1.38. The third-order valence-electron chi connectivity index (χ3n) is 2.20. The number of ketones is 2. The molecule has 0 heterocycles. The summed E-state index contributed by atoms with van der Waals surface area (Å²) in [6.07, 6.45) is 2.39. The van der Waals surface area contributed by atoms with Gasteiger partial charge >= 0.3 is 0 Å². The molecule has 0 amide bonds. The maximum atomic E-state index is 11.6. The van der Waals surface area contributed by atoms with E-state index in [4.69, 9.17) is 23.2 Å². The van der Waals surface area contributed by atoms with Crippen molar-refractivity contribution in [3.63, 3.8) is 0 Å². The Balaban J connectivity index is 2.54. The van der Waals surface area contributed by atoms with Gasteiger partial charge in [-0.3, -0.25) is 9.59 Å². The van der Waals surface area contributed by atoms with Crippen molar-refractivity contribution < 1.29 is 9.59 Å². The van der Waals surface area contributed by atoms with Crippen LogP contribution in [0.5, 0.6) is 0 Å². The van der Waals surface area contributed by atoms with Crippen LogP contribution in [-0.4, -0.2) is 11.6 Å². The second-order valence-corrected chi connectivity index (χ2v) is 4.07. The summed E-state index contributed by atoms with van der Waals surface area (Å²) in [6, 6.07) is 6.60. The molecule has 0 fully saturated rings. The van der Waals surface area contributed by atoms with E-state index in [-0.39, 0.29) is 22.2 Å².